The number of anilines is 1. The Balaban J connectivity index is 2.40. The number of nitrogens with one attached hydrogen (secondary N) is 1. The molecule has 134 valence electrons. The van der Waals surface area contributed by atoms with Crippen LogP contribution in [-0.2, 0) is 21.4 Å². The maximum atomic E-state index is 13.1. The van der Waals surface area contributed by atoms with E-state index >= 15 is 0 Å². The van der Waals surface area contributed by atoms with Crippen LogP contribution in [0.25, 0.3) is 0 Å². The van der Waals surface area contributed by atoms with Crippen molar-refractivity contribution in [3.05, 3.63) is 59.7 Å². The number of amides is 1. The summed E-state index contributed by atoms with van der Waals surface area (Å²) >= 11 is 0. The summed E-state index contributed by atoms with van der Waals surface area (Å²) in [5.41, 5.74) is 1.82. The molecule has 0 fully saturated rings. The van der Waals surface area contributed by atoms with Crippen molar-refractivity contribution in [2.45, 2.75) is 25.3 Å². The van der Waals surface area contributed by atoms with E-state index in [0.29, 0.717) is 11.3 Å². The zero-order valence-corrected chi connectivity index (χ0v) is 15.1. The average Bonchev–Trinajstić information content (AvgIpc) is 2.56. The minimum atomic E-state index is -3.83. The smallest absolute Gasteiger partial charge is 0.243 e. The third-order valence-electron chi connectivity index (χ3n) is 3.68. The Bertz CT molecular complexity index is 835. The van der Waals surface area contributed by atoms with Gasteiger partial charge in [-0.05, 0) is 30.2 Å². The Morgan fingerprint density at radius 2 is 1.84 bits per heavy atom. The van der Waals surface area contributed by atoms with Gasteiger partial charge in [0.05, 0.1) is 11.5 Å². The Hall–Kier alpha value is -2.22. The Labute approximate surface area is 148 Å². The molecule has 6 nitrogen and oxygen atoms in total. The molecule has 0 saturated carbocycles. The predicted molar refractivity (Wildman–Crippen MR) is 96.6 cm³/mol. The highest BCUT2D eigenvalue weighted by molar-refractivity contribution is 7.89. The molecule has 0 unspecified atom stereocenters. The van der Waals surface area contributed by atoms with Crippen LogP contribution in [-0.4, -0.2) is 36.9 Å². The van der Waals surface area contributed by atoms with Crippen LogP contribution in [0.4, 0.5) is 5.69 Å². The van der Waals surface area contributed by atoms with E-state index in [2.05, 4.69) is 5.32 Å². The Morgan fingerprint density at radius 3 is 2.44 bits per heavy atom. The highest BCUT2D eigenvalue weighted by Gasteiger charge is 2.26. The van der Waals surface area contributed by atoms with Gasteiger partial charge in [-0.1, -0.05) is 36.4 Å². The highest BCUT2D eigenvalue weighted by Crippen LogP contribution is 2.25. The molecule has 0 aromatic heterocycles. The average molecular weight is 362 g/mol. The number of carbonyl (C=O) groups excluding carboxylic acids is 1. The van der Waals surface area contributed by atoms with Gasteiger partial charge >= 0.3 is 0 Å². The van der Waals surface area contributed by atoms with Crippen molar-refractivity contribution in [2.75, 3.05) is 18.5 Å². The molecular formula is C18H22N2O4S. The van der Waals surface area contributed by atoms with Gasteiger partial charge in [-0.3, -0.25) is 4.79 Å². The maximum Gasteiger partial charge on any atom is 0.243 e. The molecule has 0 saturated heterocycles. The van der Waals surface area contributed by atoms with Gasteiger partial charge in [0.1, 0.15) is 0 Å². The first kappa shape index (κ1) is 19.1. The molecule has 0 aliphatic carbocycles. The minimum Gasteiger partial charge on any atom is -0.395 e. The lowest BCUT2D eigenvalue weighted by molar-refractivity contribution is -0.114. The van der Waals surface area contributed by atoms with Gasteiger partial charge in [0, 0.05) is 25.7 Å². The minimum absolute atomic E-state index is 0.0129. The van der Waals surface area contributed by atoms with E-state index in [-0.39, 0.29) is 30.5 Å². The monoisotopic (exact) mass is 362 g/mol. The number of benzene rings is 2. The largest absolute Gasteiger partial charge is 0.395 e. The van der Waals surface area contributed by atoms with E-state index in [0.717, 1.165) is 5.56 Å². The fourth-order valence-electron chi connectivity index (χ4n) is 2.48. The van der Waals surface area contributed by atoms with Crippen LogP contribution in [0.2, 0.25) is 0 Å². The molecule has 0 spiro atoms. The second-order valence-electron chi connectivity index (χ2n) is 5.71. The number of nitrogens with zero attached hydrogens (tertiary/aromatic N) is 1. The van der Waals surface area contributed by atoms with E-state index in [1.54, 1.807) is 19.1 Å². The lowest BCUT2D eigenvalue weighted by atomic mass is 10.2. The number of hydrogen-bond acceptors (Lipinski definition) is 4. The molecule has 0 radical (unpaired) electrons. The van der Waals surface area contributed by atoms with Crippen LogP contribution < -0.4 is 5.32 Å². The second-order valence-corrected chi connectivity index (χ2v) is 7.62. The quantitative estimate of drug-likeness (QED) is 0.790. The van der Waals surface area contributed by atoms with Crippen LogP contribution in [0.3, 0.4) is 0 Å². The number of rotatable bonds is 7. The number of carbonyl (C=O) groups is 1. The van der Waals surface area contributed by atoms with E-state index in [1.807, 2.05) is 30.3 Å². The molecule has 1 amide bonds. The second kappa shape index (κ2) is 8.24. The lowest BCUT2D eigenvalue weighted by Crippen LogP contribution is -2.33. The molecule has 2 rings (SSSR count). The highest BCUT2D eigenvalue weighted by atomic mass is 32.2. The van der Waals surface area contributed by atoms with Crippen molar-refractivity contribution in [1.82, 2.24) is 4.31 Å². The van der Waals surface area contributed by atoms with Gasteiger partial charge in [-0.2, -0.15) is 4.31 Å². The van der Waals surface area contributed by atoms with Crippen LogP contribution in [0.5, 0.6) is 0 Å². The number of sulfonamides is 1. The first-order chi connectivity index (χ1) is 11.8. The fraction of sp³-hybridized carbons (Fsp3) is 0.278. The van der Waals surface area contributed by atoms with Gasteiger partial charge in [-0.15, -0.1) is 0 Å². The molecule has 25 heavy (non-hydrogen) atoms. The summed E-state index contributed by atoms with van der Waals surface area (Å²) in [5.74, 6) is -0.274. The molecule has 2 aromatic rings. The van der Waals surface area contributed by atoms with Crippen molar-refractivity contribution in [3.8, 4) is 0 Å². The SMILES string of the molecule is CC(=O)Nc1ccc(C)c(S(=O)(=O)N(CCO)Cc2ccccc2)c1. The number of aryl methyl sites for hydroxylation is 1. The molecule has 0 atom stereocenters. The first-order valence-corrected chi connectivity index (χ1v) is 9.32. The summed E-state index contributed by atoms with van der Waals surface area (Å²) in [6, 6.07) is 13.9. The standard InChI is InChI=1S/C18H22N2O4S/c1-14-8-9-17(19-15(2)22)12-18(14)25(23,24)20(10-11-21)13-16-6-4-3-5-7-16/h3-9,12,21H,10-11,13H2,1-2H3,(H,19,22). The summed E-state index contributed by atoms with van der Waals surface area (Å²) in [6.07, 6.45) is 0. The third-order valence-corrected chi connectivity index (χ3v) is 5.66. The van der Waals surface area contributed by atoms with Gasteiger partial charge in [0.15, 0.2) is 0 Å². The molecule has 7 heteroatoms. The van der Waals surface area contributed by atoms with Gasteiger partial charge < -0.3 is 10.4 Å². The van der Waals surface area contributed by atoms with Crippen LogP contribution in [0, 0.1) is 6.92 Å². The first-order valence-electron chi connectivity index (χ1n) is 7.88. The Morgan fingerprint density at radius 1 is 1.16 bits per heavy atom. The van der Waals surface area contributed by atoms with Crippen LogP contribution in [0.1, 0.15) is 18.1 Å². The van der Waals surface area contributed by atoms with Crippen LogP contribution >= 0.6 is 0 Å². The summed E-state index contributed by atoms with van der Waals surface area (Å²) in [7, 11) is -3.83. The van der Waals surface area contributed by atoms with Gasteiger partial charge in [0.2, 0.25) is 15.9 Å². The molecule has 0 aliphatic rings. The van der Waals surface area contributed by atoms with Crippen molar-refractivity contribution in [1.29, 1.82) is 0 Å². The van der Waals surface area contributed by atoms with E-state index in [9.17, 15) is 18.3 Å². The molecule has 0 bridgehead atoms. The fourth-order valence-corrected chi connectivity index (χ4v) is 4.15. The summed E-state index contributed by atoms with van der Waals surface area (Å²) in [6.45, 7) is 2.93. The van der Waals surface area contributed by atoms with Gasteiger partial charge in [-0.25, -0.2) is 8.42 Å². The van der Waals surface area contributed by atoms with Crippen LogP contribution in [0.15, 0.2) is 53.4 Å². The summed E-state index contributed by atoms with van der Waals surface area (Å²) in [5, 5.41) is 11.9. The number of aliphatic hydroxyl groups is 1. The molecule has 0 aliphatic heterocycles. The van der Waals surface area contributed by atoms with Crippen molar-refractivity contribution >= 4 is 21.6 Å². The molecule has 2 aromatic carbocycles. The zero-order valence-electron chi connectivity index (χ0n) is 14.3. The molecule has 0 heterocycles. The molecule has 2 N–H and O–H groups in total. The van der Waals surface area contributed by atoms with Crippen molar-refractivity contribution in [2.24, 2.45) is 0 Å². The van der Waals surface area contributed by atoms with E-state index in [4.69, 9.17) is 0 Å². The zero-order chi connectivity index (χ0) is 18.4. The summed E-state index contributed by atoms with van der Waals surface area (Å²) in [4.78, 5) is 11.3. The number of aliphatic hydroxyl groups excluding tert-OH is 1. The van der Waals surface area contributed by atoms with E-state index < -0.39 is 10.0 Å². The normalized spacial score (nSPS) is 11.5. The Kier molecular flexibility index (Phi) is 6.30. The molecular weight excluding hydrogens is 340 g/mol. The van der Waals surface area contributed by atoms with Gasteiger partial charge in [0.25, 0.3) is 0 Å². The maximum absolute atomic E-state index is 13.1. The summed E-state index contributed by atoms with van der Waals surface area (Å²) < 4.78 is 27.4. The third kappa shape index (κ3) is 4.88. The van der Waals surface area contributed by atoms with Crippen molar-refractivity contribution < 1.29 is 18.3 Å². The number of hydrogen-bond donors (Lipinski definition) is 2. The topological polar surface area (TPSA) is 86.7 Å². The van der Waals surface area contributed by atoms with Crippen molar-refractivity contribution in [3.63, 3.8) is 0 Å². The lowest BCUT2D eigenvalue weighted by Gasteiger charge is -2.23. The predicted octanol–water partition coefficient (Wildman–Crippen LogP) is 2.14. The van der Waals surface area contributed by atoms with E-state index in [1.165, 1.54) is 17.3 Å².